The second kappa shape index (κ2) is 16.8. The van der Waals surface area contributed by atoms with E-state index in [0.29, 0.717) is 0 Å². The molecule has 0 aliphatic carbocycles. The molecule has 34 heavy (non-hydrogen) atoms. The number of rotatable bonds is 19. The van der Waals surface area contributed by atoms with E-state index >= 15 is 0 Å². The Morgan fingerprint density at radius 2 is 1.18 bits per heavy atom. The van der Waals surface area contributed by atoms with Crippen molar-refractivity contribution in [3.8, 4) is 0 Å². The van der Waals surface area contributed by atoms with Gasteiger partial charge in [-0.15, -0.1) is 0 Å². The highest BCUT2D eigenvalue weighted by Gasteiger charge is 2.43. The first-order valence-electron chi connectivity index (χ1n) is 13.4. The lowest BCUT2D eigenvalue weighted by molar-refractivity contribution is -0.161. The first-order chi connectivity index (χ1) is 16.0. The van der Waals surface area contributed by atoms with Gasteiger partial charge in [0.15, 0.2) is 0 Å². The van der Waals surface area contributed by atoms with Crippen molar-refractivity contribution in [3.05, 3.63) is 0 Å². The molecule has 0 aromatic carbocycles. The third kappa shape index (κ3) is 11.1. The number of Topliss-reactive ketones (excluding diaryl/α,β-unsaturated/α-hetero) is 2. The van der Waals surface area contributed by atoms with Gasteiger partial charge in [-0.2, -0.15) is 0 Å². The number of ether oxygens (including phenoxy) is 2. The average molecular weight is 483 g/mol. The molecule has 3 atom stereocenters. The third-order valence-electron chi connectivity index (χ3n) is 7.51. The molecule has 0 amide bonds. The van der Waals surface area contributed by atoms with Crippen LogP contribution in [0.2, 0.25) is 0 Å². The molecule has 3 unspecified atom stereocenters. The number of ketones is 2. The van der Waals surface area contributed by atoms with Crippen LogP contribution in [0.4, 0.5) is 0 Å². The molecule has 0 rings (SSSR count). The molecule has 0 aromatic heterocycles. The molecule has 0 aromatic rings. The van der Waals surface area contributed by atoms with Crippen molar-refractivity contribution >= 4 is 23.5 Å². The molecule has 6 nitrogen and oxygen atoms in total. The summed E-state index contributed by atoms with van der Waals surface area (Å²) in [4.78, 5) is 50.9. The van der Waals surface area contributed by atoms with Gasteiger partial charge in [0.1, 0.15) is 0 Å². The lowest BCUT2D eigenvalue weighted by Gasteiger charge is -2.36. The van der Waals surface area contributed by atoms with Gasteiger partial charge in [-0.1, -0.05) is 93.9 Å². The second-order valence-corrected chi connectivity index (χ2v) is 10.6. The smallest absolute Gasteiger partial charge is 0.374 e. The minimum Gasteiger partial charge on any atom is -0.460 e. The first kappa shape index (κ1) is 32.3. The van der Waals surface area contributed by atoms with Crippen LogP contribution in [0.3, 0.4) is 0 Å². The normalized spacial score (nSPS) is 14.4. The van der Waals surface area contributed by atoms with Crippen LogP contribution < -0.4 is 0 Å². The SMILES string of the molecule is CCCCC(CC)COC(=O)C(=O)CC(C(=O)C(=O)OCC(CC)CCCC)C(C)(C)C(C)C. The van der Waals surface area contributed by atoms with E-state index in [4.69, 9.17) is 9.47 Å². The zero-order chi connectivity index (χ0) is 26.3. The van der Waals surface area contributed by atoms with Crippen LogP contribution in [0.25, 0.3) is 0 Å². The highest BCUT2D eigenvalue weighted by Crippen LogP contribution is 2.38. The Morgan fingerprint density at radius 1 is 0.735 bits per heavy atom. The van der Waals surface area contributed by atoms with E-state index in [9.17, 15) is 19.2 Å². The Hall–Kier alpha value is -1.72. The van der Waals surface area contributed by atoms with Gasteiger partial charge in [0, 0.05) is 12.3 Å². The highest BCUT2D eigenvalue weighted by molar-refractivity contribution is 6.38. The first-order valence-corrected chi connectivity index (χ1v) is 13.4. The van der Waals surface area contributed by atoms with Crippen LogP contribution in [-0.4, -0.2) is 36.7 Å². The molecule has 6 heteroatoms. The zero-order valence-corrected chi connectivity index (χ0v) is 23.0. The maximum absolute atomic E-state index is 13.1. The minimum absolute atomic E-state index is 0.00419. The molecule has 0 fully saturated rings. The third-order valence-corrected chi connectivity index (χ3v) is 7.51. The van der Waals surface area contributed by atoms with Crippen LogP contribution in [0.15, 0.2) is 0 Å². The topological polar surface area (TPSA) is 86.7 Å². The summed E-state index contributed by atoms with van der Waals surface area (Å²) in [6, 6.07) is 0. The van der Waals surface area contributed by atoms with Crippen LogP contribution in [-0.2, 0) is 28.7 Å². The van der Waals surface area contributed by atoms with E-state index in [0.717, 1.165) is 51.4 Å². The van der Waals surface area contributed by atoms with Gasteiger partial charge < -0.3 is 9.47 Å². The molecule has 0 radical (unpaired) electrons. The summed E-state index contributed by atoms with van der Waals surface area (Å²) in [5.74, 6) is -3.85. The monoisotopic (exact) mass is 482 g/mol. The van der Waals surface area contributed by atoms with Gasteiger partial charge in [0.2, 0.25) is 11.6 Å². The van der Waals surface area contributed by atoms with Crippen LogP contribution in [0.1, 0.15) is 113 Å². The number of carbonyl (C=O) groups is 4. The summed E-state index contributed by atoms with van der Waals surface area (Å²) in [7, 11) is 0. The fraction of sp³-hybridized carbons (Fsp3) is 0.857. The molecule has 0 bridgehead atoms. The van der Waals surface area contributed by atoms with E-state index in [1.807, 2.05) is 41.5 Å². The predicted molar refractivity (Wildman–Crippen MR) is 135 cm³/mol. The fourth-order valence-corrected chi connectivity index (χ4v) is 3.84. The largest absolute Gasteiger partial charge is 0.460 e. The van der Waals surface area contributed by atoms with Gasteiger partial charge in [-0.05, 0) is 36.0 Å². The Kier molecular flexibility index (Phi) is 16.0. The summed E-state index contributed by atoms with van der Waals surface area (Å²) in [6.45, 7) is 16.2. The zero-order valence-electron chi connectivity index (χ0n) is 23.0. The van der Waals surface area contributed by atoms with E-state index in [2.05, 4.69) is 13.8 Å². The Bertz CT molecular complexity index is 637. The quantitative estimate of drug-likeness (QED) is 0.158. The molecule has 0 aliphatic heterocycles. The van der Waals surface area contributed by atoms with Crippen molar-refractivity contribution < 1.29 is 28.7 Å². The Morgan fingerprint density at radius 3 is 1.56 bits per heavy atom. The lowest BCUT2D eigenvalue weighted by atomic mass is 9.67. The molecule has 0 saturated heterocycles. The maximum atomic E-state index is 13.1. The predicted octanol–water partition coefficient (Wildman–Crippen LogP) is 6.33. The second-order valence-electron chi connectivity index (χ2n) is 10.6. The molecule has 0 aliphatic rings. The van der Waals surface area contributed by atoms with Gasteiger partial charge in [0.25, 0.3) is 0 Å². The van der Waals surface area contributed by atoms with Crippen molar-refractivity contribution in [2.24, 2.45) is 29.1 Å². The summed E-state index contributed by atoms with van der Waals surface area (Å²) in [6.07, 6.45) is 7.47. The average Bonchev–Trinajstić information content (AvgIpc) is 2.81. The molecule has 198 valence electrons. The van der Waals surface area contributed by atoms with Gasteiger partial charge in [-0.3, -0.25) is 9.59 Å². The van der Waals surface area contributed by atoms with Crippen LogP contribution >= 0.6 is 0 Å². The van der Waals surface area contributed by atoms with Crippen LogP contribution in [0.5, 0.6) is 0 Å². The van der Waals surface area contributed by atoms with E-state index in [1.165, 1.54) is 0 Å². The number of hydrogen-bond acceptors (Lipinski definition) is 6. The van der Waals surface area contributed by atoms with Gasteiger partial charge in [0.05, 0.1) is 13.2 Å². The molecular formula is C28H50O6. The van der Waals surface area contributed by atoms with Crippen molar-refractivity contribution in [1.82, 2.24) is 0 Å². The van der Waals surface area contributed by atoms with Crippen molar-refractivity contribution in [2.75, 3.05) is 13.2 Å². The Labute approximate surface area is 207 Å². The molecule has 0 spiro atoms. The molecule has 0 saturated carbocycles. The van der Waals surface area contributed by atoms with E-state index < -0.39 is 34.8 Å². The maximum Gasteiger partial charge on any atom is 0.374 e. The molecule has 0 N–H and O–H groups in total. The Balaban J connectivity index is 5.27. The summed E-state index contributed by atoms with van der Waals surface area (Å²) < 4.78 is 10.7. The highest BCUT2D eigenvalue weighted by atomic mass is 16.5. The van der Waals surface area contributed by atoms with Crippen molar-refractivity contribution in [1.29, 1.82) is 0 Å². The standard InChI is InChI=1S/C28H50O6/c1-9-13-15-21(11-3)18-33-26(31)24(29)17-23(28(7,8)20(5)6)25(30)27(32)34-19-22(12-4)16-14-10-2/h20-23H,9-19H2,1-8H3. The van der Waals surface area contributed by atoms with E-state index in [-0.39, 0.29) is 37.4 Å². The number of esters is 2. The van der Waals surface area contributed by atoms with Gasteiger partial charge in [-0.25, -0.2) is 9.59 Å². The van der Waals surface area contributed by atoms with Crippen molar-refractivity contribution in [3.63, 3.8) is 0 Å². The minimum atomic E-state index is -0.946. The van der Waals surface area contributed by atoms with Gasteiger partial charge >= 0.3 is 11.9 Å². The lowest BCUT2D eigenvalue weighted by Crippen LogP contribution is -2.42. The van der Waals surface area contributed by atoms with Crippen molar-refractivity contribution in [2.45, 2.75) is 113 Å². The number of carbonyl (C=O) groups excluding carboxylic acids is 4. The molecular weight excluding hydrogens is 432 g/mol. The van der Waals surface area contributed by atoms with E-state index in [1.54, 1.807) is 0 Å². The summed E-state index contributed by atoms with van der Waals surface area (Å²) in [5, 5.41) is 0. The summed E-state index contributed by atoms with van der Waals surface area (Å²) in [5.41, 5.74) is -0.675. The summed E-state index contributed by atoms with van der Waals surface area (Å²) >= 11 is 0. The molecule has 0 heterocycles. The number of hydrogen-bond donors (Lipinski definition) is 0. The van der Waals surface area contributed by atoms with Crippen LogP contribution in [0, 0.1) is 29.1 Å². The fourth-order valence-electron chi connectivity index (χ4n) is 3.84. The number of unbranched alkanes of at least 4 members (excludes halogenated alkanes) is 2.